The van der Waals surface area contributed by atoms with Gasteiger partial charge in [-0.05, 0) is 25.5 Å². The van der Waals surface area contributed by atoms with Crippen LogP contribution in [0.25, 0.3) is 10.9 Å². The maximum Gasteiger partial charge on any atom is 0.232 e. The van der Waals surface area contributed by atoms with Gasteiger partial charge in [-0.2, -0.15) is 0 Å². The minimum absolute atomic E-state index is 0.0679. The fourth-order valence-corrected chi connectivity index (χ4v) is 4.47. The minimum Gasteiger partial charge on any atom is -0.397 e. The fourth-order valence-electron chi connectivity index (χ4n) is 3.34. The first-order valence-corrected chi connectivity index (χ1v) is 11.4. The number of fused-ring (bicyclic) bond motifs is 1. The van der Waals surface area contributed by atoms with Crippen molar-refractivity contribution in [1.29, 1.82) is 0 Å². The van der Waals surface area contributed by atoms with E-state index in [4.69, 9.17) is 10.5 Å². The first-order valence-electron chi connectivity index (χ1n) is 9.72. The van der Waals surface area contributed by atoms with Crippen LogP contribution in [0, 0.1) is 0 Å². The molecule has 0 bridgehead atoms. The van der Waals surface area contributed by atoms with Crippen LogP contribution in [0.3, 0.4) is 0 Å². The summed E-state index contributed by atoms with van der Waals surface area (Å²) in [4.78, 5) is 6.75. The molecule has 1 aromatic carbocycles. The van der Waals surface area contributed by atoms with E-state index in [1.165, 1.54) is 6.20 Å². The molecule has 28 heavy (non-hydrogen) atoms. The van der Waals surface area contributed by atoms with Crippen molar-refractivity contribution in [3.05, 3.63) is 24.4 Å². The number of ether oxygens (including phenoxy) is 1. The van der Waals surface area contributed by atoms with Gasteiger partial charge in [0.05, 0.1) is 47.7 Å². The van der Waals surface area contributed by atoms with E-state index in [9.17, 15) is 8.42 Å². The molecule has 0 unspecified atom stereocenters. The lowest BCUT2D eigenvalue weighted by atomic mass is 10.1. The maximum atomic E-state index is 12.3. The molecular formula is C19H29N5O3S. The smallest absolute Gasteiger partial charge is 0.232 e. The summed E-state index contributed by atoms with van der Waals surface area (Å²) in [5.41, 5.74) is 8.46. The van der Waals surface area contributed by atoms with Gasteiger partial charge in [0.1, 0.15) is 0 Å². The topological polar surface area (TPSA) is 110 Å². The summed E-state index contributed by atoms with van der Waals surface area (Å²) in [7, 11) is -3.42. The lowest BCUT2D eigenvalue weighted by Crippen LogP contribution is -2.37. The summed E-state index contributed by atoms with van der Waals surface area (Å²) in [5.74, 6) is 0.0679. The minimum atomic E-state index is -3.42. The van der Waals surface area contributed by atoms with Crippen LogP contribution in [0.15, 0.2) is 24.4 Å². The van der Waals surface area contributed by atoms with Crippen LogP contribution in [0.1, 0.15) is 19.8 Å². The second kappa shape index (κ2) is 9.40. The molecule has 3 rings (SSSR count). The third-order valence-electron chi connectivity index (χ3n) is 4.72. The van der Waals surface area contributed by atoms with Gasteiger partial charge >= 0.3 is 0 Å². The first kappa shape index (κ1) is 20.6. The Morgan fingerprint density at radius 3 is 2.82 bits per heavy atom. The van der Waals surface area contributed by atoms with Gasteiger partial charge in [0.15, 0.2) is 0 Å². The predicted octanol–water partition coefficient (Wildman–Crippen LogP) is 2.10. The SMILES string of the molecule is CCCS(=O)(=O)Nc1cnc2c(N)cccc2c1NCCCN1CCOCC1. The quantitative estimate of drug-likeness (QED) is 0.431. The standard InChI is InChI=1S/C19H29N5O3S/c1-2-13-28(25,26)23-17-14-22-18-15(5-3-6-16(18)20)19(17)21-7-4-8-24-9-11-27-12-10-24/h3,5-6,14,23H,2,4,7-13,20H2,1H3,(H,21,22). The van der Waals surface area contributed by atoms with Crippen LogP contribution in [-0.4, -0.2) is 63.4 Å². The number of rotatable bonds is 9. The van der Waals surface area contributed by atoms with Gasteiger partial charge in [-0.25, -0.2) is 8.42 Å². The molecule has 9 heteroatoms. The van der Waals surface area contributed by atoms with Crippen LogP contribution >= 0.6 is 0 Å². The van der Waals surface area contributed by atoms with E-state index in [2.05, 4.69) is 19.9 Å². The van der Waals surface area contributed by atoms with Crippen LogP contribution in [0.2, 0.25) is 0 Å². The Kier molecular flexibility index (Phi) is 6.93. The molecule has 2 heterocycles. The predicted molar refractivity (Wildman–Crippen MR) is 114 cm³/mol. The molecule has 8 nitrogen and oxygen atoms in total. The van der Waals surface area contributed by atoms with E-state index in [0.717, 1.165) is 50.3 Å². The van der Waals surface area contributed by atoms with Crippen molar-refractivity contribution >= 4 is 38.0 Å². The number of aromatic nitrogens is 1. The molecule has 154 valence electrons. The number of anilines is 3. The van der Waals surface area contributed by atoms with Gasteiger partial charge in [-0.1, -0.05) is 19.1 Å². The summed E-state index contributed by atoms with van der Waals surface area (Å²) in [6.45, 7) is 7.00. The van der Waals surface area contributed by atoms with Gasteiger partial charge < -0.3 is 15.8 Å². The molecule has 1 saturated heterocycles. The summed E-state index contributed by atoms with van der Waals surface area (Å²) in [6.07, 6.45) is 3.02. The molecule has 1 aliphatic rings. The lowest BCUT2D eigenvalue weighted by Gasteiger charge is -2.26. The molecule has 1 aliphatic heterocycles. The van der Waals surface area contributed by atoms with E-state index >= 15 is 0 Å². The van der Waals surface area contributed by atoms with Gasteiger partial charge in [-0.15, -0.1) is 0 Å². The second-order valence-electron chi connectivity index (χ2n) is 6.95. The third kappa shape index (κ3) is 5.24. The number of hydrogen-bond acceptors (Lipinski definition) is 7. The molecule has 0 atom stereocenters. The van der Waals surface area contributed by atoms with E-state index in [1.54, 1.807) is 6.07 Å². The molecule has 1 aromatic heterocycles. The van der Waals surface area contributed by atoms with E-state index < -0.39 is 10.0 Å². The zero-order valence-corrected chi connectivity index (χ0v) is 17.1. The Morgan fingerprint density at radius 2 is 2.07 bits per heavy atom. The number of benzene rings is 1. The monoisotopic (exact) mass is 407 g/mol. The number of pyridine rings is 1. The Balaban J connectivity index is 1.78. The largest absolute Gasteiger partial charge is 0.397 e. The zero-order valence-electron chi connectivity index (χ0n) is 16.3. The number of nitrogen functional groups attached to an aromatic ring is 1. The average molecular weight is 408 g/mol. The molecule has 0 aliphatic carbocycles. The van der Waals surface area contributed by atoms with Crippen molar-refractivity contribution < 1.29 is 13.2 Å². The summed E-state index contributed by atoms with van der Waals surface area (Å²) in [5, 5.41) is 4.22. The zero-order chi connectivity index (χ0) is 20.0. The highest BCUT2D eigenvalue weighted by molar-refractivity contribution is 7.92. The lowest BCUT2D eigenvalue weighted by molar-refractivity contribution is 0.0378. The van der Waals surface area contributed by atoms with Crippen LogP contribution in [0.4, 0.5) is 17.1 Å². The van der Waals surface area contributed by atoms with Crippen LogP contribution < -0.4 is 15.8 Å². The maximum absolute atomic E-state index is 12.3. The fraction of sp³-hybridized carbons (Fsp3) is 0.526. The molecule has 0 amide bonds. The van der Waals surface area contributed by atoms with Gasteiger partial charge in [0, 0.05) is 25.0 Å². The molecule has 0 radical (unpaired) electrons. The van der Waals surface area contributed by atoms with Crippen molar-refractivity contribution in [3.63, 3.8) is 0 Å². The number of para-hydroxylation sites is 1. The number of morpholine rings is 1. The van der Waals surface area contributed by atoms with E-state index in [-0.39, 0.29) is 5.75 Å². The van der Waals surface area contributed by atoms with Crippen molar-refractivity contribution in [1.82, 2.24) is 9.88 Å². The second-order valence-corrected chi connectivity index (χ2v) is 8.79. The summed E-state index contributed by atoms with van der Waals surface area (Å²) in [6, 6.07) is 5.54. The third-order valence-corrected chi connectivity index (χ3v) is 6.20. The Morgan fingerprint density at radius 1 is 1.29 bits per heavy atom. The van der Waals surface area contributed by atoms with E-state index in [0.29, 0.717) is 29.9 Å². The average Bonchev–Trinajstić information content (AvgIpc) is 2.67. The number of hydrogen-bond donors (Lipinski definition) is 3. The summed E-state index contributed by atoms with van der Waals surface area (Å²) >= 11 is 0. The van der Waals surface area contributed by atoms with Crippen LogP contribution in [0.5, 0.6) is 0 Å². The molecule has 1 fully saturated rings. The van der Waals surface area contributed by atoms with Crippen molar-refractivity contribution in [2.24, 2.45) is 0 Å². The molecule has 0 spiro atoms. The van der Waals surface area contributed by atoms with Crippen molar-refractivity contribution in [3.8, 4) is 0 Å². The molecule has 4 N–H and O–H groups in total. The Labute approximate surface area is 166 Å². The molecule has 2 aromatic rings. The molecular weight excluding hydrogens is 378 g/mol. The van der Waals surface area contributed by atoms with Crippen molar-refractivity contribution in [2.45, 2.75) is 19.8 Å². The highest BCUT2D eigenvalue weighted by Gasteiger charge is 2.16. The number of sulfonamides is 1. The number of nitrogens with zero attached hydrogens (tertiary/aromatic N) is 2. The normalized spacial score (nSPS) is 15.6. The Bertz CT molecular complexity index is 898. The van der Waals surface area contributed by atoms with Gasteiger partial charge in [-0.3, -0.25) is 14.6 Å². The highest BCUT2D eigenvalue weighted by Crippen LogP contribution is 2.33. The van der Waals surface area contributed by atoms with Gasteiger partial charge in [0.2, 0.25) is 10.0 Å². The molecule has 0 saturated carbocycles. The number of nitrogens with one attached hydrogen (secondary N) is 2. The van der Waals surface area contributed by atoms with Gasteiger partial charge in [0.25, 0.3) is 0 Å². The van der Waals surface area contributed by atoms with E-state index in [1.807, 2.05) is 19.1 Å². The Hall–Kier alpha value is -2.10. The van der Waals surface area contributed by atoms with Crippen LogP contribution in [-0.2, 0) is 14.8 Å². The first-order chi connectivity index (χ1) is 13.5. The number of nitrogens with two attached hydrogens (primary N) is 1. The highest BCUT2D eigenvalue weighted by atomic mass is 32.2. The van der Waals surface area contributed by atoms with Crippen molar-refractivity contribution in [2.75, 3.05) is 60.9 Å². The summed E-state index contributed by atoms with van der Waals surface area (Å²) < 4.78 is 32.6.